The first-order valence-electron chi connectivity index (χ1n) is 8.96. The standard InChI is InChI=1S/C20H32O3/c1-15-16(2)20(22)18(17(3)19(15)21)13-11-9-7-5-6-8-10-12-14-23-4/h5-14H2,1-4H3. The Morgan fingerprint density at radius 1 is 0.652 bits per heavy atom. The van der Waals surface area contributed by atoms with Crippen LogP contribution in [0.15, 0.2) is 22.3 Å². The second-order valence-corrected chi connectivity index (χ2v) is 6.58. The monoisotopic (exact) mass is 320 g/mol. The number of ketones is 2. The number of rotatable bonds is 11. The Balaban J connectivity index is 2.21. The predicted molar refractivity (Wildman–Crippen MR) is 94.5 cm³/mol. The predicted octanol–water partition coefficient (Wildman–Crippen LogP) is 4.95. The molecule has 0 aromatic carbocycles. The Labute approximate surface area is 141 Å². The minimum Gasteiger partial charge on any atom is -0.385 e. The summed E-state index contributed by atoms with van der Waals surface area (Å²) in [6, 6.07) is 0. The van der Waals surface area contributed by atoms with Gasteiger partial charge in [0.05, 0.1) is 0 Å². The molecular formula is C20H32O3. The number of allylic oxidation sites excluding steroid dienone is 4. The lowest BCUT2D eigenvalue weighted by Crippen LogP contribution is -2.20. The molecule has 3 nitrogen and oxygen atoms in total. The first-order valence-corrected chi connectivity index (χ1v) is 8.96. The number of ether oxygens (including phenoxy) is 1. The third-order valence-electron chi connectivity index (χ3n) is 4.84. The summed E-state index contributed by atoms with van der Waals surface area (Å²) in [7, 11) is 1.75. The van der Waals surface area contributed by atoms with Gasteiger partial charge in [-0.15, -0.1) is 0 Å². The SMILES string of the molecule is COCCCCCCCCCCC1=C(C)C(=O)C(C)=C(C)C1=O. The highest BCUT2D eigenvalue weighted by molar-refractivity contribution is 6.24. The Kier molecular flexibility index (Phi) is 9.08. The first kappa shape index (κ1) is 19.8. The van der Waals surface area contributed by atoms with E-state index in [-0.39, 0.29) is 11.6 Å². The molecule has 0 atom stereocenters. The average molecular weight is 320 g/mol. The lowest BCUT2D eigenvalue weighted by molar-refractivity contribution is -0.116. The maximum atomic E-state index is 12.3. The maximum Gasteiger partial charge on any atom is 0.185 e. The van der Waals surface area contributed by atoms with Crippen molar-refractivity contribution >= 4 is 11.6 Å². The molecule has 130 valence electrons. The molecule has 0 N–H and O–H groups in total. The third-order valence-corrected chi connectivity index (χ3v) is 4.84. The summed E-state index contributed by atoms with van der Waals surface area (Å²) in [5.74, 6) is 0.130. The van der Waals surface area contributed by atoms with E-state index in [1.807, 2.05) is 0 Å². The molecule has 0 heterocycles. The molecule has 0 fully saturated rings. The van der Waals surface area contributed by atoms with Gasteiger partial charge in [-0.2, -0.15) is 0 Å². The van der Waals surface area contributed by atoms with Crippen molar-refractivity contribution in [3.63, 3.8) is 0 Å². The molecule has 23 heavy (non-hydrogen) atoms. The van der Waals surface area contributed by atoms with Crippen LogP contribution in [0.4, 0.5) is 0 Å². The van der Waals surface area contributed by atoms with Gasteiger partial charge in [0.25, 0.3) is 0 Å². The van der Waals surface area contributed by atoms with Gasteiger partial charge in [0.1, 0.15) is 0 Å². The lowest BCUT2D eigenvalue weighted by atomic mass is 9.84. The summed E-state index contributed by atoms with van der Waals surface area (Å²) >= 11 is 0. The summed E-state index contributed by atoms with van der Waals surface area (Å²) in [4.78, 5) is 24.4. The largest absolute Gasteiger partial charge is 0.385 e. The molecule has 0 bridgehead atoms. The van der Waals surface area contributed by atoms with Crippen molar-refractivity contribution in [1.29, 1.82) is 0 Å². The second kappa shape index (κ2) is 10.5. The van der Waals surface area contributed by atoms with Crippen LogP contribution in [0.2, 0.25) is 0 Å². The molecule has 0 saturated heterocycles. The van der Waals surface area contributed by atoms with Gasteiger partial charge in [-0.25, -0.2) is 0 Å². The van der Waals surface area contributed by atoms with Gasteiger partial charge >= 0.3 is 0 Å². The summed E-state index contributed by atoms with van der Waals surface area (Å²) in [6.07, 6.45) is 10.3. The van der Waals surface area contributed by atoms with E-state index in [1.54, 1.807) is 27.9 Å². The van der Waals surface area contributed by atoms with Crippen molar-refractivity contribution in [2.24, 2.45) is 0 Å². The van der Waals surface area contributed by atoms with Crippen molar-refractivity contribution in [2.75, 3.05) is 13.7 Å². The topological polar surface area (TPSA) is 43.4 Å². The van der Waals surface area contributed by atoms with Crippen molar-refractivity contribution in [2.45, 2.75) is 78.6 Å². The molecule has 1 aliphatic rings. The van der Waals surface area contributed by atoms with Gasteiger partial charge in [0.2, 0.25) is 0 Å². The van der Waals surface area contributed by atoms with E-state index in [0.717, 1.165) is 37.9 Å². The quantitative estimate of drug-likeness (QED) is 0.400. The number of carbonyl (C=O) groups is 2. The molecule has 3 heteroatoms. The number of unbranched alkanes of at least 4 members (excludes halogenated alkanes) is 7. The van der Waals surface area contributed by atoms with Gasteiger partial charge in [0, 0.05) is 36.0 Å². The van der Waals surface area contributed by atoms with Gasteiger partial charge in [-0.3, -0.25) is 9.59 Å². The van der Waals surface area contributed by atoms with Crippen molar-refractivity contribution in [1.82, 2.24) is 0 Å². The molecule has 1 rings (SSSR count). The highest BCUT2D eigenvalue weighted by Gasteiger charge is 2.26. The fraction of sp³-hybridized carbons (Fsp3) is 0.700. The van der Waals surface area contributed by atoms with E-state index in [2.05, 4.69) is 0 Å². The molecule has 1 aliphatic carbocycles. The van der Waals surface area contributed by atoms with E-state index in [0.29, 0.717) is 16.7 Å². The molecule has 0 aromatic rings. The van der Waals surface area contributed by atoms with Crippen LogP contribution in [0.25, 0.3) is 0 Å². The molecule has 0 unspecified atom stereocenters. The van der Waals surface area contributed by atoms with Gasteiger partial charge in [0.15, 0.2) is 11.6 Å². The van der Waals surface area contributed by atoms with Crippen LogP contribution in [0, 0.1) is 0 Å². The van der Waals surface area contributed by atoms with Crippen LogP contribution in [0.3, 0.4) is 0 Å². The molecular weight excluding hydrogens is 288 g/mol. The summed E-state index contributed by atoms with van der Waals surface area (Å²) < 4.78 is 5.04. The number of Topliss-reactive ketones (excluding diaryl/α,β-unsaturated/α-hetero) is 2. The minimum absolute atomic E-state index is 0.0492. The summed E-state index contributed by atoms with van der Waals surface area (Å²) in [5, 5.41) is 0. The van der Waals surface area contributed by atoms with Crippen molar-refractivity contribution in [3.8, 4) is 0 Å². The van der Waals surface area contributed by atoms with Gasteiger partial charge in [-0.05, 0) is 40.0 Å². The van der Waals surface area contributed by atoms with Crippen LogP contribution in [-0.2, 0) is 14.3 Å². The fourth-order valence-corrected chi connectivity index (χ4v) is 3.07. The fourth-order valence-electron chi connectivity index (χ4n) is 3.07. The highest BCUT2D eigenvalue weighted by atomic mass is 16.5. The summed E-state index contributed by atoms with van der Waals surface area (Å²) in [6.45, 7) is 6.19. The number of carbonyl (C=O) groups excluding carboxylic acids is 2. The molecule has 0 spiro atoms. The van der Waals surface area contributed by atoms with Crippen LogP contribution < -0.4 is 0 Å². The Morgan fingerprint density at radius 3 is 1.70 bits per heavy atom. The first-order chi connectivity index (χ1) is 11.0. The number of methoxy groups -OCH3 is 1. The third kappa shape index (κ3) is 6.06. The van der Waals surface area contributed by atoms with Crippen LogP contribution in [-0.4, -0.2) is 25.3 Å². The zero-order valence-electron chi connectivity index (χ0n) is 15.3. The number of hydrogen-bond donors (Lipinski definition) is 0. The van der Waals surface area contributed by atoms with E-state index in [9.17, 15) is 9.59 Å². The van der Waals surface area contributed by atoms with E-state index in [1.165, 1.54) is 32.1 Å². The molecule has 0 aromatic heterocycles. The van der Waals surface area contributed by atoms with Crippen molar-refractivity contribution in [3.05, 3.63) is 22.3 Å². The minimum atomic E-state index is 0.0492. The molecule has 0 saturated carbocycles. The Bertz CT molecular complexity index is 483. The normalized spacial score (nSPS) is 15.8. The van der Waals surface area contributed by atoms with Gasteiger partial charge in [-0.1, -0.05) is 38.5 Å². The summed E-state index contributed by atoms with van der Waals surface area (Å²) in [5.41, 5.74) is 2.66. The Morgan fingerprint density at radius 2 is 1.13 bits per heavy atom. The van der Waals surface area contributed by atoms with Crippen molar-refractivity contribution < 1.29 is 14.3 Å². The van der Waals surface area contributed by atoms with Gasteiger partial charge < -0.3 is 4.74 Å². The zero-order valence-corrected chi connectivity index (χ0v) is 15.3. The Hall–Kier alpha value is -1.22. The molecule has 0 radical (unpaired) electrons. The smallest absolute Gasteiger partial charge is 0.185 e. The molecule has 0 aliphatic heterocycles. The van der Waals surface area contributed by atoms with E-state index >= 15 is 0 Å². The van der Waals surface area contributed by atoms with Crippen LogP contribution in [0.1, 0.15) is 78.6 Å². The lowest BCUT2D eigenvalue weighted by Gasteiger charge is -2.18. The average Bonchev–Trinajstić information content (AvgIpc) is 2.55. The highest BCUT2D eigenvalue weighted by Crippen LogP contribution is 2.27. The zero-order chi connectivity index (χ0) is 17.2. The second-order valence-electron chi connectivity index (χ2n) is 6.58. The maximum absolute atomic E-state index is 12.3. The van der Waals surface area contributed by atoms with E-state index < -0.39 is 0 Å². The van der Waals surface area contributed by atoms with E-state index in [4.69, 9.17) is 4.74 Å². The molecule has 0 amide bonds. The van der Waals surface area contributed by atoms with Crippen LogP contribution >= 0.6 is 0 Å². The number of hydrogen-bond acceptors (Lipinski definition) is 3. The van der Waals surface area contributed by atoms with Crippen LogP contribution in [0.5, 0.6) is 0 Å².